The number of carbonyl (C=O) groups excluding carboxylic acids is 3. The van der Waals surface area contributed by atoms with Gasteiger partial charge >= 0.3 is 6.03 Å². The molecule has 1 aliphatic heterocycles. The summed E-state index contributed by atoms with van der Waals surface area (Å²) in [7, 11) is 1.55. The van der Waals surface area contributed by atoms with E-state index in [-0.39, 0.29) is 6.54 Å². The molecular weight excluding hydrogens is 346 g/mol. The van der Waals surface area contributed by atoms with Crippen molar-refractivity contribution in [3.63, 3.8) is 0 Å². The van der Waals surface area contributed by atoms with Gasteiger partial charge < -0.3 is 15.4 Å². The van der Waals surface area contributed by atoms with Crippen LogP contribution >= 0.6 is 0 Å². The number of ether oxygens (including phenoxy) is 1. The normalized spacial score (nSPS) is 19.0. The molecular formula is C20H21N3O4. The number of nitrogens with one attached hydrogen (secondary N) is 2. The molecule has 0 aliphatic carbocycles. The van der Waals surface area contributed by atoms with Crippen molar-refractivity contribution in [1.82, 2.24) is 10.2 Å². The summed E-state index contributed by atoms with van der Waals surface area (Å²) in [5.74, 6) is -0.272. The molecule has 1 saturated heterocycles. The summed E-state index contributed by atoms with van der Waals surface area (Å²) in [6.45, 7) is 3.20. The predicted molar refractivity (Wildman–Crippen MR) is 100 cm³/mol. The van der Waals surface area contributed by atoms with E-state index >= 15 is 0 Å². The van der Waals surface area contributed by atoms with Crippen molar-refractivity contribution in [3.8, 4) is 5.75 Å². The number of hydrogen-bond acceptors (Lipinski definition) is 4. The summed E-state index contributed by atoms with van der Waals surface area (Å²) in [6, 6.07) is 13.5. The van der Waals surface area contributed by atoms with E-state index in [0.29, 0.717) is 17.0 Å². The Morgan fingerprint density at radius 1 is 1.11 bits per heavy atom. The summed E-state index contributed by atoms with van der Waals surface area (Å²) in [5.41, 5.74) is 1.06. The third-order valence-corrected chi connectivity index (χ3v) is 4.58. The van der Waals surface area contributed by atoms with E-state index in [4.69, 9.17) is 4.74 Å². The van der Waals surface area contributed by atoms with Gasteiger partial charge in [-0.2, -0.15) is 0 Å². The Morgan fingerprint density at radius 2 is 1.74 bits per heavy atom. The number of carbonyl (C=O) groups is 3. The Hall–Kier alpha value is -3.35. The molecule has 0 saturated carbocycles. The SMILES string of the molecule is COc1ccc([C@]2(C)NC(=O)N(CC(=O)Nc3ccc(C)cc3)C2=O)cc1. The highest BCUT2D eigenvalue weighted by Crippen LogP contribution is 2.30. The fourth-order valence-corrected chi connectivity index (χ4v) is 2.94. The Bertz CT molecular complexity index is 877. The molecule has 4 amide bonds. The van der Waals surface area contributed by atoms with E-state index in [1.165, 1.54) is 0 Å². The van der Waals surface area contributed by atoms with Gasteiger partial charge in [0.2, 0.25) is 5.91 Å². The lowest BCUT2D eigenvalue weighted by Crippen LogP contribution is -2.42. The van der Waals surface area contributed by atoms with Crippen molar-refractivity contribution < 1.29 is 19.1 Å². The number of amides is 4. The van der Waals surface area contributed by atoms with Crippen molar-refractivity contribution in [2.45, 2.75) is 19.4 Å². The molecule has 0 radical (unpaired) electrons. The van der Waals surface area contributed by atoms with Crippen molar-refractivity contribution >= 4 is 23.5 Å². The third-order valence-electron chi connectivity index (χ3n) is 4.58. The minimum absolute atomic E-state index is 0.357. The molecule has 0 spiro atoms. The molecule has 2 aromatic rings. The first-order chi connectivity index (χ1) is 12.8. The Morgan fingerprint density at radius 3 is 2.33 bits per heavy atom. The molecule has 3 rings (SSSR count). The highest BCUT2D eigenvalue weighted by molar-refractivity contribution is 6.10. The third kappa shape index (κ3) is 3.62. The maximum atomic E-state index is 12.9. The molecule has 7 nitrogen and oxygen atoms in total. The molecule has 7 heteroatoms. The number of anilines is 1. The average Bonchev–Trinajstić information content (AvgIpc) is 2.88. The summed E-state index contributed by atoms with van der Waals surface area (Å²) < 4.78 is 5.11. The predicted octanol–water partition coefficient (Wildman–Crippen LogP) is 2.41. The fourth-order valence-electron chi connectivity index (χ4n) is 2.94. The summed E-state index contributed by atoms with van der Waals surface area (Å²) in [5, 5.41) is 5.37. The molecule has 140 valence electrons. The van der Waals surface area contributed by atoms with Crippen molar-refractivity contribution in [2.24, 2.45) is 0 Å². The second-order valence-electron chi connectivity index (χ2n) is 6.59. The van der Waals surface area contributed by atoms with Crippen LogP contribution in [0.5, 0.6) is 5.75 Å². The summed E-state index contributed by atoms with van der Waals surface area (Å²) in [4.78, 5) is 38.4. The van der Waals surface area contributed by atoms with Gasteiger partial charge in [0.15, 0.2) is 0 Å². The number of nitrogens with zero attached hydrogens (tertiary/aromatic N) is 1. The largest absolute Gasteiger partial charge is 0.497 e. The zero-order chi connectivity index (χ0) is 19.6. The number of rotatable bonds is 5. The van der Waals surface area contributed by atoms with Crippen LogP contribution in [-0.2, 0) is 15.1 Å². The number of benzene rings is 2. The molecule has 27 heavy (non-hydrogen) atoms. The first kappa shape index (κ1) is 18.4. The molecule has 0 unspecified atom stereocenters. The Balaban J connectivity index is 1.73. The highest BCUT2D eigenvalue weighted by atomic mass is 16.5. The lowest BCUT2D eigenvalue weighted by atomic mass is 9.92. The van der Waals surface area contributed by atoms with Crippen molar-refractivity contribution in [3.05, 3.63) is 59.7 Å². The molecule has 2 N–H and O–H groups in total. The zero-order valence-electron chi connectivity index (χ0n) is 15.4. The zero-order valence-corrected chi connectivity index (χ0v) is 15.4. The van der Waals surface area contributed by atoms with E-state index in [1.807, 2.05) is 19.1 Å². The first-order valence-electron chi connectivity index (χ1n) is 8.48. The summed E-state index contributed by atoms with van der Waals surface area (Å²) in [6.07, 6.45) is 0. The van der Waals surface area contributed by atoms with E-state index in [0.717, 1.165) is 10.5 Å². The van der Waals surface area contributed by atoms with Gasteiger partial charge in [0.05, 0.1) is 7.11 Å². The van der Waals surface area contributed by atoms with Crippen LogP contribution in [0, 0.1) is 6.92 Å². The molecule has 0 aromatic heterocycles. The van der Waals surface area contributed by atoms with Gasteiger partial charge in [-0.3, -0.25) is 14.5 Å². The number of hydrogen-bond donors (Lipinski definition) is 2. The van der Waals surface area contributed by atoms with Crippen LogP contribution < -0.4 is 15.4 Å². The van der Waals surface area contributed by atoms with Gasteiger partial charge in [-0.05, 0) is 43.7 Å². The quantitative estimate of drug-likeness (QED) is 0.795. The number of urea groups is 1. The van der Waals surface area contributed by atoms with Gasteiger partial charge in [0.1, 0.15) is 17.8 Å². The van der Waals surface area contributed by atoms with E-state index in [2.05, 4.69) is 10.6 Å². The van der Waals surface area contributed by atoms with Crippen LogP contribution in [0.4, 0.5) is 10.5 Å². The minimum Gasteiger partial charge on any atom is -0.497 e. The highest BCUT2D eigenvalue weighted by Gasteiger charge is 2.49. The Kier molecular flexibility index (Phi) is 4.85. The van der Waals surface area contributed by atoms with Gasteiger partial charge in [-0.1, -0.05) is 29.8 Å². The number of methoxy groups -OCH3 is 1. The first-order valence-corrected chi connectivity index (χ1v) is 8.48. The van der Waals surface area contributed by atoms with Crippen LogP contribution in [0.15, 0.2) is 48.5 Å². The monoisotopic (exact) mass is 367 g/mol. The standard InChI is InChI=1S/C20H21N3O4/c1-13-4-8-15(9-5-13)21-17(24)12-23-18(25)20(2,22-19(23)26)14-6-10-16(27-3)11-7-14/h4-11H,12H2,1-3H3,(H,21,24)(H,22,26)/t20-/m0/s1. The second kappa shape index (κ2) is 7.11. The minimum atomic E-state index is -1.23. The van der Waals surface area contributed by atoms with Crippen LogP contribution in [0.1, 0.15) is 18.1 Å². The smallest absolute Gasteiger partial charge is 0.325 e. The lowest BCUT2D eigenvalue weighted by Gasteiger charge is -2.22. The fraction of sp³-hybridized carbons (Fsp3) is 0.250. The molecule has 1 fully saturated rings. The van der Waals surface area contributed by atoms with Crippen molar-refractivity contribution in [1.29, 1.82) is 0 Å². The second-order valence-corrected chi connectivity index (χ2v) is 6.59. The molecule has 2 aromatic carbocycles. The summed E-state index contributed by atoms with van der Waals surface area (Å²) >= 11 is 0. The average molecular weight is 367 g/mol. The molecule has 0 bridgehead atoms. The lowest BCUT2D eigenvalue weighted by molar-refractivity contribution is -0.133. The maximum Gasteiger partial charge on any atom is 0.325 e. The molecule has 1 aliphatic rings. The Labute approximate surface area is 157 Å². The van der Waals surface area contributed by atoms with Crippen LogP contribution in [0.3, 0.4) is 0 Å². The molecule has 1 heterocycles. The van der Waals surface area contributed by atoms with Crippen molar-refractivity contribution in [2.75, 3.05) is 19.0 Å². The number of aryl methyl sites for hydroxylation is 1. The van der Waals surface area contributed by atoms with Crippen LogP contribution in [-0.4, -0.2) is 36.4 Å². The number of imide groups is 1. The van der Waals surface area contributed by atoms with Gasteiger partial charge in [-0.15, -0.1) is 0 Å². The van der Waals surface area contributed by atoms with Gasteiger partial charge in [0, 0.05) is 5.69 Å². The van der Waals surface area contributed by atoms with E-state index in [9.17, 15) is 14.4 Å². The van der Waals surface area contributed by atoms with E-state index < -0.39 is 23.4 Å². The molecule has 1 atom stereocenters. The van der Waals surface area contributed by atoms with Crippen LogP contribution in [0.25, 0.3) is 0 Å². The van der Waals surface area contributed by atoms with Crippen LogP contribution in [0.2, 0.25) is 0 Å². The van der Waals surface area contributed by atoms with E-state index in [1.54, 1.807) is 50.4 Å². The van der Waals surface area contributed by atoms with Gasteiger partial charge in [0.25, 0.3) is 5.91 Å². The van der Waals surface area contributed by atoms with Gasteiger partial charge in [-0.25, -0.2) is 4.79 Å². The maximum absolute atomic E-state index is 12.9. The topological polar surface area (TPSA) is 87.7 Å².